The van der Waals surface area contributed by atoms with Crippen molar-refractivity contribution in [2.24, 2.45) is 10.7 Å². The zero-order valence-corrected chi connectivity index (χ0v) is 13.7. The van der Waals surface area contributed by atoms with Crippen LogP contribution in [0.25, 0.3) is 0 Å². The molecule has 0 aliphatic carbocycles. The van der Waals surface area contributed by atoms with E-state index in [9.17, 15) is 0 Å². The van der Waals surface area contributed by atoms with Gasteiger partial charge in [-0.3, -0.25) is 0 Å². The van der Waals surface area contributed by atoms with Crippen molar-refractivity contribution in [3.05, 3.63) is 71.3 Å². The van der Waals surface area contributed by atoms with E-state index in [0.29, 0.717) is 19.1 Å². The molecule has 2 aromatic rings. The van der Waals surface area contributed by atoms with Crippen LogP contribution in [0.4, 0.5) is 0 Å². The molecule has 2 rings (SSSR count). The number of benzene rings is 2. The Morgan fingerprint density at radius 1 is 1.00 bits per heavy atom. The van der Waals surface area contributed by atoms with Gasteiger partial charge in [0.15, 0.2) is 5.96 Å². The maximum atomic E-state index is 5.90. The van der Waals surface area contributed by atoms with Crippen LogP contribution < -0.4 is 11.1 Å². The lowest BCUT2D eigenvalue weighted by Gasteiger charge is -2.06. The SMILES string of the molecule is CCOCc1ccc(CN=C(N)NCCc2ccccc2)cc1. The Hall–Kier alpha value is -2.33. The average molecular weight is 311 g/mol. The summed E-state index contributed by atoms with van der Waals surface area (Å²) >= 11 is 0. The Balaban J connectivity index is 1.73. The lowest BCUT2D eigenvalue weighted by atomic mass is 10.1. The molecule has 0 saturated heterocycles. The van der Waals surface area contributed by atoms with Crippen LogP contribution in [0.3, 0.4) is 0 Å². The lowest BCUT2D eigenvalue weighted by Crippen LogP contribution is -2.33. The van der Waals surface area contributed by atoms with Crippen LogP contribution in [-0.2, 0) is 24.3 Å². The maximum Gasteiger partial charge on any atom is 0.188 e. The van der Waals surface area contributed by atoms with E-state index < -0.39 is 0 Å². The smallest absolute Gasteiger partial charge is 0.188 e. The molecule has 0 amide bonds. The van der Waals surface area contributed by atoms with E-state index in [1.165, 1.54) is 11.1 Å². The van der Waals surface area contributed by atoms with Crippen LogP contribution in [0.5, 0.6) is 0 Å². The van der Waals surface area contributed by atoms with Crippen LogP contribution in [-0.4, -0.2) is 19.1 Å². The minimum Gasteiger partial charge on any atom is -0.377 e. The molecule has 0 fully saturated rings. The van der Waals surface area contributed by atoms with E-state index >= 15 is 0 Å². The Morgan fingerprint density at radius 3 is 2.39 bits per heavy atom. The van der Waals surface area contributed by atoms with Crippen LogP contribution in [0.15, 0.2) is 59.6 Å². The van der Waals surface area contributed by atoms with E-state index in [0.717, 1.165) is 25.1 Å². The Morgan fingerprint density at radius 2 is 1.70 bits per heavy atom. The molecule has 23 heavy (non-hydrogen) atoms. The molecule has 0 saturated carbocycles. The van der Waals surface area contributed by atoms with Crippen molar-refractivity contribution in [1.82, 2.24) is 5.32 Å². The minimum atomic E-state index is 0.485. The Labute approximate surface area is 138 Å². The van der Waals surface area contributed by atoms with Gasteiger partial charge in [-0.2, -0.15) is 0 Å². The third-order valence-corrected chi connectivity index (χ3v) is 3.49. The summed E-state index contributed by atoms with van der Waals surface area (Å²) in [6, 6.07) is 18.6. The second-order valence-corrected chi connectivity index (χ2v) is 5.32. The number of nitrogens with zero attached hydrogens (tertiary/aromatic N) is 1. The van der Waals surface area contributed by atoms with Gasteiger partial charge in [0.2, 0.25) is 0 Å². The second-order valence-electron chi connectivity index (χ2n) is 5.32. The van der Waals surface area contributed by atoms with Gasteiger partial charge in [0, 0.05) is 13.2 Å². The van der Waals surface area contributed by atoms with Crippen molar-refractivity contribution < 1.29 is 4.74 Å². The number of nitrogens with two attached hydrogens (primary N) is 1. The summed E-state index contributed by atoms with van der Waals surface area (Å²) in [7, 11) is 0. The minimum absolute atomic E-state index is 0.485. The van der Waals surface area contributed by atoms with Gasteiger partial charge < -0.3 is 15.8 Å². The molecule has 0 radical (unpaired) electrons. The summed E-state index contributed by atoms with van der Waals surface area (Å²) < 4.78 is 5.38. The molecule has 2 aromatic carbocycles. The summed E-state index contributed by atoms with van der Waals surface area (Å²) in [5.41, 5.74) is 9.50. The van der Waals surface area contributed by atoms with Crippen molar-refractivity contribution in [1.29, 1.82) is 0 Å². The number of guanidine groups is 1. The van der Waals surface area contributed by atoms with Gasteiger partial charge in [0.05, 0.1) is 13.2 Å². The summed E-state index contributed by atoms with van der Waals surface area (Å²) in [4.78, 5) is 4.37. The fourth-order valence-corrected chi connectivity index (χ4v) is 2.17. The van der Waals surface area contributed by atoms with E-state index in [4.69, 9.17) is 10.5 Å². The summed E-state index contributed by atoms with van der Waals surface area (Å²) in [6.45, 7) is 4.75. The number of ether oxygens (including phenoxy) is 1. The third kappa shape index (κ3) is 6.53. The van der Waals surface area contributed by atoms with Gasteiger partial charge in [-0.25, -0.2) is 4.99 Å². The molecule has 0 atom stereocenters. The third-order valence-electron chi connectivity index (χ3n) is 3.49. The molecule has 3 N–H and O–H groups in total. The first kappa shape index (κ1) is 17.0. The van der Waals surface area contributed by atoms with Gasteiger partial charge >= 0.3 is 0 Å². The number of hydrogen-bond donors (Lipinski definition) is 2. The average Bonchev–Trinajstić information content (AvgIpc) is 2.60. The largest absolute Gasteiger partial charge is 0.377 e. The highest BCUT2D eigenvalue weighted by molar-refractivity contribution is 5.77. The second kappa shape index (κ2) is 9.64. The molecule has 0 aliphatic rings. The van der Waals surface area contributed by atoms with Crippen molar-refractivity contribution >= 4 is 5.96 Å². The van der Waals surface area contributed by atoms with Crippen LogP contribution in [0, 0.1) is 0 Å². The van der Waals surface area contributed by atoms with E-state index in [-0.39, 0.29) is 0 Å². The van der Waals surface area contributed by atoms with Gasteiger partial charge in [-0.05, 0) is 30.0 Å². The zero-order valence-electron chi connectivity index (χ0n) is 13.7. The van der Waals surface area contributed by atoms with E-state index in [1.807, 2.05) is 25.1 Å². The molecule has 122 valence electrons. The Kier molecular flexibility index (Phi) is 7.14. The molecule has 0 bridgehead atoms. The highest BCUT2D eigenvalue weighted by Gasteiger charge is 1.97. The van der Waals surface area contributed by atoms with Gasteiger partial charge in [0.1, 0.15) is 0 Å². The summed E-state index contributed by atoms with van der Waals surface area (Å²) in [5.74, 6) is 0.485. The van der Waals surface area contributed by atoms with Gasteiger partial charge in [-0.15, -0.1) is 0 Å². The zero-order chi connectivity index (χ0) is 16.3. The first-order valence-electron chi connectivity index (χ1n) is 8.01. The first-order valence-corrected chi connectivity index (χ1v) is 8.01. The topological polar surface area (TPSA) is 59.6 Å². The molecule has 4 heteroatoms. The molecule has 0 aromatic heterocycles. The molecule has 0 spiro atoms. The lowest BCUT2D eigenvalue weighted by molar-refractivity contribution is 0.134. The van der Waals surface area contributed by atoms with Crippen molar-refractivity contribution in [2.45, 2.75) is 26.5 Å². The first-order chi connectivity index (χ1) is 11.3. The Bertz CT molecular complexity index is 594. The number of nitrogens with one attached hydrogen (secondary N) is 1. The number of hydrogen-bond acceptors (Lipinski definition) is 2. The van der Waals surface area contributed by atoms with Crippen LogP contribution in [0.1, 0.15) is 23.6 Å². The summed E-state index contributed by atoms with van der Waals surface area (Å²) in [5, 5.41) is 3.15. The van der Waals surface area contributed by atoms with E-state index in [2.05, 4.69) is 46.7 Å². The molecule has 0 unspecified atom stereocenters. The highest BCUT2D eigenvalue weighted by Crippen LogP contribution is 2.07. The van der Waals surface area contributed by atoms with Crippen molar-refractivity contribution in [3.8, 4) is 0 Å². The molecule has 0 heterocycles. The van der Waals surface area contributed by atoms with Crippen LogP contribution in [0.2, 0.25) is 0 Å². The normalized spacial score (nSPS) is 11.4. The fraction of sp³-hybridized carbons (Fsp3) is 0.316. The van der Waals surface area contributed by atoms with Crippen molar-refractivity contribution in [3.63, 3.8) is 0 Å². The number of aliphatic imine (C=N–C) groups is 1. The van der Waals surface area contributed by atoms with E-state index in [1.54, 1.807) is 0 Å². The fourth-order valence-electron chi connectivity index (χ4n) is 2.17. The number of rotatable bonds is 8. The highest BCUT2D eigenvalue weighted by atomic mass is 16.5. The monoisotopic (exact) mass is 311 g/mol. The van der Waals surface area contributed by atoms with Gasteiger partial charge in [0.25, 0.3) is 0 Å². The predicted octanol–water partition coefficient (Wildman–Crippen LogP) is 2.87. The van der Waals surface area contributed by atoms with Crippen LogP contribution >= 0.6 is 0 Å². The summed E-state index contributed by atoms with van der Waals surface area (Å²) in [6.07, 6.45) is 0.934. The quantitative estimate of drug-likeness (QED) is 0.582. The van der Waals surface area contributed by atoms with Crippen molar-refractivity contribution in [2.75, 3.05) is 13.2 Å². The molecule has 4 nitrogen and oxygen atoms in total. The van der Waals surface area contributed by atoms with Gasteiger partial charge in [-0.1, -0.05) is 54.6 Å². The predicted molar refractivity (Wildman–Crippen MR) is 95.2 cm³/mol. The molecular weight excluding hydrogens is 286 g/mol. The maximum absolute atomic E-state index is 5.90. The molecular formula is C19H25N3O. The standard InChI is InChI=1S/C19H25N3O/c1-2-23-15-18-10-8-17(9-11-18)14-22-19(20)21-13-12-16-6-4-3-5-7-16/h3-11H,2,12-15H2,1H3,(H3,20,21,22). The molecule has 0 aliphatic heterocycles.